The van der Waals surface area contributed by atoms with Gasteiger partial charge in [0.15, 0.2) is 6.29 Å². The molecule has 0 saturated carbocycles. The molecule has 0 saturated heterocycles. The zero-order valence-electron chi connectivity index (χ0n) is 7.41. The van der Waals surface area contributed by atoms with E-state index in [0.29, 0.717) is 0 Å². The van der Waals surface area contributed by atoms with Crippen molar-refractivity contribution in [2.75, 3.05) is 6.26 Å². The van der Waals surface area contributed by atoms with Gasteiger partial charge in [-0.2, -0.15) is 0 Å². The molecular formula is C10H7IOS2. The summed E-state index contributed by atoms with van der Waals surface area (Å²) in [5.41, 5.74) is 0.836. The summed E-state index contributed by atoms with van der Waals surface area (Å²) in [6.07, 6.45) is 2.95. The minimum absolute atomic E-state index is 0.836. The monoisotopic (exact) mass is 334 g/mol. The molecule has 0 fully saturated rings. The van der Waals surface area contributed by atoms with Gasteiger partial charge in [-0.25, -0.2) is 0 Å². The average molecular weight is 334 g/mol. The van der Waals surface area contributed by atoms with E-state index in [2.05, 4.69) is 34.7 Å². The number of thioether (sulfide) groups is 1. The summed E-state index contributed by atoms with van der Waals surface area (Å²) in [5.74, 6) is 0. The Kier molecular flexibility index (Phi) is 3.14. The summed E-state index contributed by atoms with van der Waals surface area (Å²) < 4.78 is 2.33. The molecule has 1 aromatic heterocycles. The molecule has 1 aromatic carbocycles. The largest absolute Gasteiger partial charge is 0.298 e. The van der Waals surface area contributed by atoms with Gasteiger partial charge in [-0.3, -0.25) is 4.79 Å². The molecule has 4 heteroatoms. The van der Waals surface area contributed by atoms with E-state index in [1.807, 2.05) is 12.3 Å². The van der Waals surface area contributed by atoms with Crippen LogP contribution in [0.1, 0.15) is 10.4 Å². The Hall–Kier alpha value is -0.0700. The topological polar surface area (TPSA) is 17.1 Å². The second-order valence-corrected chi connectivity index (χ2v) is 6.56. The summed E-state index contributed by atoms with van der Waals surface area (Å²) in [4.78, 5) is 12.1. The molecular weight excluding hydrogens is 327 g/mol. The van der Waals surface area contributed by atoms with Crippen LogP contribution < -0.4 is 0 Å². The van der Waals surface area contributed by atoms with Gasteiger partial charge in [0.25, 0.3) is 0 Å². The molecule has 0 aliphatic carbocycles. The van der Waals surface area contributed by atoms with E-state index in [1.54, 1.807) is 23.1 Å². The lowest BCUT2D eigenvalue weighted by Crippen LogP contribution is -1.83. The van der Waals surface area contributed by atoms with Gasteiger partial charge < -0.3 is 0 Å². The van der Waals surface area contributed by atoms with Crippen LogP contribution >= 0.6 is 45.7 Å². The molecule has 0 N–H and O–H groups in total. The quantitative estimate of drug-likeness (QED) is 0.468. The molecule has 0 unspecified atom stereocenters. The van der Waals surface area contributed by atoms with E-state index in [1.165, 1.54) is 8.27 Å². The number of carbonyl (C=O) groups excluding carboxylic acids is 1. The summed E-state index contributed by atoms with van der Waals surface area (Å²) in [7, 11) is 0. The lowest BCUT2D eigenvalue weighted by atomic mass is 10.2. The molecule has 2 rings (SSSR count). The fourth-order valence-corrected chi connectivity index (χ4v) is 3.89. The number of hydrogen-bond donors (Lipinski definition) is 0. The van der Waals surface area contributed by atoms with Crippen molar-refractivity contribution in [3.05, 3.63) is 26.6 Å². The maximum atomic E-state index is 11.0. The van der Waals surface area contributed by atoms with Gasteiger partial charge >= 0.3 is 0 Å². The first-order valence-corrected chi connectivity index (χ1v) is 7.09. The van der Waals surface area contributed by atoms with Crippen molar-refractivity contribution < 1.29 is 4.79 Å². The first kappa shape index (κ1) is 10.4. The molecule has 1 nitrogen and oxygen atoms in total. The number of benzene rings is 1. The van der Waals surface area contributed by atoms with Gasteiger partial charge in [0.1, 0.15) is 0 Å². The van der Waals surface area contributed by atoms with Gasteiger partial charge in [0.2, 0.25) is 0 Å². The van der Waals surface area contributed by atoms with Crippen LogP contribution in [0, 0.1) is 2.88 Å². The van der Waals surface area contributed by atoms with Crippen molar-refractivity contribution in [1.82, 2.24) is 0 Å². The predicted molar refractivity (Wildman–Crippen MR) is 71.7 cm³/mol. The van der Waals surface area contributed by atoms with E-state index in [-0.39, 0.29) is 0 Å². The van der Waals surface area contributed by atoms with Crippen LogP contribution in [0.25, 0.3) is 10.1 Å². The Balaban J connectivity index is 2.82. The molecule has 14 heavy (non-hydrogen) atoms. The Bertz CT molecular complexity index is 490. The maximum Gasteiger partial charge on any atom is 0.152 e. The average Bonchev–Trinajstić information content (AvgIpc) is 2.56. The molecule has 1 heterocycles. The molecule has 0 spiro atoms. The zero-order chi connectivity index (χ0) is 10.1. The highest BCUT2D eigenvalue weighted by Crippen LogP contribution is 2.33. The fraction of sp³-hybridized carbons (Fsp3) is 0.100. The van der Waals surface area contributed by atoms with Crippen LogP contribution in [0.3, 0.4) is 0 Å². The molecule has 0 bridgehead atoms. The first-order chi connectivity index (χ1) is 6.76. The normalized spacial score (nSPS) is 10.7. The highest BCUT2D eigenvalue weighted by molar-refractivity contribution is 14.1. The molecule has 0 amide bonds. The van der Waals surface area contributed by atoms with Crippen molar-refractivity contribution in [3.63, 3.8) is 0 Å². The van der Waals surface area contributed by atoms with Crippen LogP contribution in [0.4, 0.5) is 0 Å². The second kappa shape index (κ2) is 4.20. The lowest BCUT2D eigenvalue weighted by molar-refractivity contribution is 0.112. The van der Waals surface area contributed by atoms with Crippen molar-refractivity contribution in [2.45, 2.75) is 4.90 Å². The van der Waals surface area contributed by atoms with E-state index < -0.39 is 0 Å². The summed E-state index contributed by atoms with van der Waals surface area (Å²) in [5, 5.41) is 1.17. The number of thiophene rings is 1. The Labute approximate surface area is 104 Å². The third-order valence-electron chi connectivity index (χ3n) is 1.99. The van der Waals surface area contributed by atoms with Crippen molar-refractivity contribution in [2.24, 2.45) is 0 Å². The summed E-state index contributed by atoms with van der Waals surface area (Å²) in [6, 6.07) is 6.20. The standard InChI is InChI=1S/C10H7IOS2/c1-13-8-3-2-6-4-9(11)14-10(6)7(8)5-12/h2-5H,1H3. The predicted octanol–water partition coefficient (Wildman–Crippen LogP) is 4.04. The van der Waals surface area contributed by atoms with Crippen LogP contribution in [0.2, 0.25) is 0 Å². The SMILES string of the molecule is CSc1ccc2cc(I)sc2c1C=O. The summed E-state index contributed by atoms with van der Waals surface area (Å²) in [6.45, 7) is 0. The fourth-order valence-electron chi connectivity index (χ4n) is 1.36. The molecule has 0 aliphatic rings. The number of rotatable bonds is 2. The third kappa shape index (κ3) is 1.70. The number of aldehydes is 1. The maximum absolute atomic E-state index is 11.0. The Morgan fingerprint density at radius 3 is 2.93 bits per heavy atom. The van der Waals surface area contributed by atoms with Crippen LogP contribution in [-0.2, 0) is 0 Å². The third-order valence-corrected chi connectivity index (χ3v) is 4.73. The number of carbonyl (C=O) groups is 1. The van der Waals surface area contributed by atoms with Crippen molar-refractivity contribution in [1.29, 1.82) is 0 Å². The van der Waals surface area contributed by atoms with Gasteiger partial charge in [-0.05, 0) is 46.4 Å². The number of halogens is 1. The van der Waals surface area contributed by atoms with Crippen LogP contribution in [0.15, 0.2) is 23.1 Å². The molecule has 2 aromatic rings. The molecule has 0 aliphatic heterocycles. The molecule has 0 atom stereocenters. The Morgan fingerprint density at radius 2 is 2.29 bits per heavy atom. The van der Waals surface area contributed by atoms with Gasteiger partial charge in [-0.15, -0.1) is 23.1 Å². The minimum atomic E-state index is 0.836. The van der Waals surface area contributed by atoms with E-state index in [4.69, 9.17) is 0 Å². The highest BCUT2D eigenvalue weighted by Gasteiger charge is 2.08. The van der Waals surface area contributed by atoms with Crippen LogP contribution in [0.5, 0.6) is 0 Å². The van der Waals surface area contributed by atoms with Crippen LogP contribution in [-0.4, -0.2) is 12.5 Å². The molecule has 0 radical (unpaired) electrons. The van der Waals surface area contributed by atoms with Crippen molar-refractivity contribution >= 4 is 62.1 Å². The van der Waals surface area contributed by atoms with E-state index >= 15 is 0 Å². The van der Waals surface area contributed by atoms with E-state index in [9.17, 15) is 4.79 Å². The summed E-state index contributed by atoms with van der Waals surface area (Å²) >= 11 is 5.58. The number of fused-ring (bicyclic) bond motifs is 1. The number of hydrogen-bond acceptors (Lipinski definition) is 3. The van der Waals surface area contributed by atoms with E-state index in [0.717, 1.165) is 21.4 Å². The Morgan fingerprint density at radius 1 is 1.50 bits per heavy atom. The first-order valence-electron chi connectivity index (χ1n) is 3.97. The van der Waals surface area contributed by atoms with Gasteiger partial charge in [0, 0.05) is 15.2 Å². The van der Waals surface area contributed by atoms with Gasteiger partial charge in [-0.1, -0.05) is 6.07 Å². The molecule has 72 valence electrons. The lowest BCUT2D eigenvalue weighted by Gasteiger charge is -2.01. The van der Waals surface area contributed by atoms with Crippen molar-refractivity contribution in [3.8, 4) is 0 Å². The van der Waals surface area contributed by atoms with Gasteiger partial charge in [0.05, 0.1) is 2.88 Å². The minimum Gasteiger partial charge on any atom is -0.298 e. The second-order valence-electron chi connectivity index (χ2n) is 2.77. The highest BCUT2D eigenvalue weighted by atomic mass is 127. The smallest absolute Gasteiger partial charge is 0.152 e. The zero-order valence-corrected chi connectivity index (χ0v) is 11.2.